The summed E-state index contributed by atoms with van der Waals surface area (Å²) in [5.41, 5.74) is 0.845. The number of anilines is 1. The standard InChI is InChI=1S/C11H13NO3.C6H12O4.2C2H2/c1-3-10(13)12-9-7-5-4-6-8(9)11(14)15-2;7-3-5-6(9)4(8)1-2-10-5;2*1-2/h4-7H,3H2,1-2H3,(H,12,13);4-9H,1-3H2;2*1-2H/t;4-,5-,6-;;/m.1../s1. The Labute approximate surface area is 171 Å². The number of terminal acetylenes is 2. The smallest absolute Gasteiger partial charge is 0.339 e. The van der Waals surface area contributed by atoms with Crippen molar-refractivity contribution in [3.05, 3.63) is 29.8 Å². The van der Waals surface area contributed by atoms with Crippen LogP contribution in [-0.2, 0) is 14.3 Å². The maximum absolute atomic E-state index is 11.3. The Kier molecular flexibility index (Phi) is 16.8. The molecule has 8 heteroatoms. The van der Waals surface area contributed by atoms with Crippen molar-refractivity contribution < 1.29 is 34.4 Å². The molecule has 0 aliphatic carbocycles. The van der Waals surface area contributed by atoms with Crippen LogP contribution in [0.5, 0.6) is 0 Å². The molecule has 0 saturated carbocycles. The highest BCUT2D eigenvalue weighted by Gasteiger charge is 2.30. The highest BCUT2D eigenvalue weighted by Crippen LogP contribution is 2.16. The summed E-state index contributed by atoms with van der Waals surface area (Å²) >= 11 is 0. The fourth-order valence-electron chi connectivity index (χ4n) is 2.14. The molecule has 1 amide bonds. The van der Waals surface area contributed by atoms with Crippen LogP contribution in [-0.4, -0.2) is 65.8 Å². The molecule has 1 aromatic carbocycles. The maximum atomic E-state index is 11.3. The van der Waals surface area contributed by atoms with Gasteiger partial charge in [0, 0.05) is 13.0 Å². The maximum Gasteiger partial charge on any atom is 0.339 e. The number of nitrogens with one attached hydrogen (secondary N) is 1. The lowest BCUT2D eigenvalue weighted by atomic mass is 10.0. The molecule has 1 fully saturated rings. The van der Waals surface area contributed by atoms with E-state index in [4.69, 9.17) is 20.1 Å². The molecule has 0 aromatic heterocycles. The van der Waals surface area contributed by atoms with E-state index in [9.17, 15) is 9.59 Å². The molecular formula is C21H29NO7. The van der Waals surface area contributed by atoms with E-state index in [-0.39, 0.29) is 12.5 Å². The van der Waals surface area contributed by atoms with Crippen molar-refractivity contribution in [3.8, 4) is 25.7 Å². The Morgan fingerprint density at radius 1 is 1.21 bits per heavy atom. The summed E-state index contributed by atoms with van der Waals surface area (Å²) < 4.78 is 9.55. The predicted molar refractivity (Wildman–Crippen MR) is 110 cm³/mol. The summed E-state index contributed by atoms with van der Waals surface area (Å²) in [4.78, 5) is 22.5. The number of amides is 1. The second-order valence-electron chi connectivity index (χ2n) is 5.38. The van der Waals surface area contributed by atoms with Crippen LogP contribution in [0.2, 0.25) is 0 Å². The fourth-order valence-corrected chi connectivity index (χ4v) is 2.14. The summed E-state index contributed by atoms with van der Waals surface area (Å²) in [6.07, 6.45) is 14.5. The van der Waals surface area contributed by atoms with Gasteiger partial charge in [-0.15, -0.1) is 25.7 Å². The van der Waals surface area contributed by atoms with E-state index in [0.717, 1.165) is 0 Å². The molecule has 1 aliphatic rings. The molecule has 1 aromatic rings. The zero-order chi connectivity index (χ0) is 22.8. The van der Waals surface area contributed by atoms with Gasteiger partial charge in [0.1, 0.15) is 12.2 Å². The Balaban J connectivity index is 0. The van der Waals surface area contributed by atoms with Gasteiger partial charge in [-0.05, 0) is 18.6 Å². The van der Waals surface area contributed by atoms with E-state index in [0.29, 0.717) is 30.7 Å². The number of esters is 1. The van der Waals surface area contributed by atoms with E-state index in [1.165, 1.54) is 7.11 Å². The second kappa shape index (κ2) is 17.2. The summed E-state index contributed by atoms with van der Waals surface area (Å²) in [6, 6.07) is 6.74. The topological polar surface area (TPSA) is 125 Å². The molecule has 2 rings (SSSR count). The van der Waals surface area contributed by atoms with Crippen LogP contribution in [0.3, 0.4) is 0 Å². The van der Waals surface area contributed by atoms with Crippen molar-refractivity contribution in [2.75, 3.05) is 25.6 Å². The number of carbonyl (C=O) groups is 2. The molecule has 0 unspecified atom stereocenters. The molecule has 29 heavy (non-hydrogen) atoms. The number of carbonyl (C=O) groups excluding carboxylic acids is 2. The first-order valence-electron chi connectivity index (χ1n) is 8.67. The van der Waals surface area contributed by atoms with Crippen molar-refractivity contribution in [2.45, 2.75) is 38.1 Å². The molecule has 4 N–H and O–H groups in total. The van der Waals surface area contributed by atoms with Crippen molar-refractivity contribution >= 4 is 17.6 Å². The minimum atomic E-state index is -0.932. The largest absolute Gasteiger partial charge is 0.465 e. The van der Waals surface area contributed by atoms with E-state index in [1.54, 1.807) is 31.2 Å². The third kappa shape index (κ3) is 10.3. The monoisotopic (exact) mass is 407 g/mol. The number of hydrogen-bond acceptors (Lipinski definition) is 7. The van der Waals surface area contributed by atoms with E-state index >= 15 is 0 Å². The fraction of sp³-hybridized carbons (Fsp3) is 0.429. The lowest BCUT2D eigenvalue weighted by Crippen LogP contribution is -2.46. The summed E-state index contributed by atoms with van der Waals surface area (Å²) in [5.74, 6) is -0.589. The van der Waals surface area contributed by atoms with Crippen LogP contribution in [0.4, 0.5) is 5.69 Å². The molecule has 3 atom stereocenters. The van der Waals surface area contributed by atoms with Crippen LogP contribution in [0.1, 0.15) is 30.1 Å². The first kappa shape index (κ1) is 28.3. The van der Waals surface area contributed by atoms with E-state index in [1.807, 2.05) is 0 Å². The number of benzene rings is 1. The number of aliphatic hydroxyl groups is 3. The lowest BCUT2D eigenvalue weighted by molar-refractivity contribution is -0.147. The van der Waals surface area contributed by atoms with Crippen LogP contribution >= 0.6 is 0 Å². The Morgan fingerprint density at radius 3 is 2.28 bits per heavy atom. The molecule has 0 bridgehead atoms. The van der Waals surface area contributed by atoms with Gasteiger partial charge in [0.05, 0.1) is 31.1 Å². The quantitative estimate of drug-likeness (QED) is 0.430. The second-order valence-corrected chi connectivity index (χ2v) is 5.38. The van der Waals surface area contributed by atoms with Gasteiger partial charge in [-0.1, -0.05) is 19.1 Å². The van der Waals surface area contributed by atoms with Gasteiger partial charge in [0.2, 0.25) is 5.91 Å². The minimum Gasteiger partial charge on any atom is -0.465 e. The Bertz CT molecular complexity index is 636. The normalized spacial score (nSPS) is 19.4. The minimum absolute atomic E-state index is 0.133. The summed E-state index contributed by atoms with van der Waals surface area (Å²) in [6.45, 7) is 1.91. The van der Waals surface area contributed by atoms with Crippen LogP contribution in [0.15, 0.2) is 24.3 Å². The molecule has 0 radical (unpaired) electrons. The average molecular weight is 407 g/mol. The number of rotatable bonds is 4. The lowest BCUT2D eigenvalue weighted by Gasteiger charge is -2.30. The third-order valence-electron chi connectivity index (χ3n) is 3.63. The number of para-hydroxylation sites is 1. The first-order valence-corrected chi connectivity index (χ1v) is 8.67. The number of methoxy groups -OCH3 is 1. The Morgan fingerprint density at radius 2 is 1.79 bits per heavy atom. The van der Waals surface area contributed by atoms with Crippen LogP contribution < -0.4 is 5.32 Å². The summed E-state index contributed by atoms with van der Waals surface area (Å²) in [5, 5.41) is 29.4. The van der Waals surface area contributed by atoms with Gasteiger partial charge in [-0.2, -0.15) is 0 Å². The zero-order valence-corrected chi connectivity index (χ0v) is 16.7. The Hall–Kier alpha value is -2.88. The first-order chi connectivity index (χ1) is 13.9. The highest BCUT2D eigenvalue weighted by atomic mass is 16.5. The molecule has 1 heterocycles. The predicted octanol–water partition coefficient (Wildman–Crippen LogP) is 0.810. The SMILES string of the molecule is C#C.C#C.CCC(=O)Nc1ccccc1C(=O)OC.OC[C@H]1OCC[C@@H](O)[C@H]1O. The molecule has 1 aliphatic heterocycles. The van der Waals surface area contributed by atoms with Gasteiger partial charge >= 0.3 is 5.97 Å². The molecule has 8 nitrogen and oxygen atoms in total. The van der Waals surface area contributed by atoms with Gasteiger partial charge in [0.25, 0.3) is 0 Å². The van der Waals surface area contributed by atoms with Crippen molar-refractivity contribution in [2.24, 2.45) is 0 Å². The highest BCUT2D eigenvalue weighted by molar-refractivity contribution is 6.01. The third-order valence-corrected chi connectivity index (χ3v) is 3.63. The molecule has 1 saturated heterocycles. The van der Waals surface area contributed by atoms with Crippen molar-refractivity contribution in [1.29, 1.82) is 0 Å². The van der Waals surface area contributed by atoms with Gasteiger partial charge in [-0.3, -0.25) is 4.79 Å². The molecule has 160 valence electrons. The molecule has 0 spiro atoms. The summed E-state index contributed by atoms with van der Waals surface area (Å²) in [7, 11) is 1.31. The number of ether oxygens (including phenoxy) is 2. The van der Waals surface area contributed by atoms with E-state index < -0.39 is 24.3 Å². The van der Waals surface area contributed by atoms with Gasteiger partial charge < -0.3 is 30.1 Å². The number of aliphatic hydroxyl groups excluding tert-OH is 3. The van der Waals surface area contributed by atoms with Crippen LogP contribution in [0.25, 0.3) is 0 Å². The molecular weight excluding hydrogens is 378 g/mol. The van der Waals surface area contributed by atoms with Gasteiger partial charge in [-0.25, -0.2) is 4.79 Å². The van der Waals surface area contributed by atoms with Crippen molar-refractivity contribution in [3.63, 3.8) is 0 Å². The van der Waals surface area contributed by atoms with Crippen molar-refractivity contribution in [1.82, 2.24) is 0 Å². The van der Waals surface area contributed by atoms with Crippen LogP contribution in [0, 0.1) is 25.7 Å². The van der Waals surface area contributed by atoms with Gasteiger partial charge in [0.15, 0.2) is 0 Å². The number of hydrogen-bond donors (Lipinski definition) is 4. The zero-order valence-electron chi connectivity index (χ0n) is 16.7. The average Bonchev–Trinajstić information content (AvgIpc) is 2.78. The van der Waals surface area contributed by atoms with E-state index in [2.05, 4.69) is 35.7 Å².